The summed E-state index contributed by atoms with van der Waals surface area (Å²) in [6, 6.07) is 16.0. The van der Waals surface area contributed by atoms with E-state index in [1.165, 1.54) is 6.42 Å². The van der Waals surface area contributed by atoms with Crippen molar-refractivity contribution in [3.8, 4) is 0 Å². The molecular weight excluding hydrogens is 412 g/mol. The van der Waals surface area contributed by atoms with E-state index >= 15 is 0 Å². The summed E-state index contributed by atoms with van der Waals surface area (Å²) < 4.78 is 0. The fourth-order valence-corrected chi connectivity index (χ4v) is 5.01. The minimum Gasteiger partial charge on any atom is -0.341 e. The summed E-state index contributed by atoms with van der Waals surface area (Å²) in [7, 11) is 0. The molecule has 6 nitrogen and oxygen atoms in total. The zero-order chi connectivity index (χ0) is 23.2. The van der Waals surface area contributed by atoms with E-state index in [9.17, 15) is 9.59 Å². The highest BCUT2D eigenvalue weighted by molar-refractivity contribution is 5.93. The van der Waals surface area contributed by atoms with Gasteiger partial charge in [0.25, 0.3) is 0 Å². The van der Waals surface area contributed by atoms with E-state index in [0.29, 0.717) is 6.54 Å². The molecule has 0 saturated carbocycles. The molecule has 2 aromatic carbocycles. The minimum atomic E-state index is -0.241. The number of hydrogen-bond acceptors (Lipinski definition) is 4. The van der Waals surface area contributed by atoms with Crippen LogP contribution in [0.5, 0.6) is 0 Å². The van der Waals surface area contributed by atoms with Gasteiger partial charge in [-0.2, -0.15) is 0 Å². The van der Waals surface area contributed by atoms with Crippen molar-refractivity contribution in [1.82, 2.24) is 14.7 Å². The standard InChI is InChI=1S/C27H36N4O2/c1-21-10-9-11-22(2)25(21)28-24(32)20-29-16-18-30(19-17-29)26(23-12-5-3-6-13-23)27(33)31-14-7-4-8-15-31/h3,5-6,9-13,26H,4,7-8,14-20H2,1-2H3,(H,28,32)/t26-/m0/s1. The number of aryl methyl sites for hydroxylation is 2. The quantitative estimate of drug-likeness (QED) is 0.734. The number of benzene rings is 2. The van der Waals surface area contributed by atoms with Crippen molar-refractivity contribution >= 4 is 17.5 Å². The third-order valence-corrected chi connectivity index (χ3v) is 6.90. The molecule has 176 valence electrons. The van der Waals surface area contributed by atoms with Gasteiger partial charge in [0.1, 0.15) is 6.04 Å². The minimum absolute atomic E-state index is 0.0184. The largest absolute Gasteiger partial charge is 0.341 e. The molecule has 4 rings (SSSR count). The van der Waals surface area contributed by atoms with E-state index in [4.69, 9.17) is 0 Å². The van der Waals surface area contributed by atoms with Crippen LogP contribution in [0.1, 0.15) is 42.0 Å². The maximum Gasteiger partial charge on any atom is 0.244 e. The summed E-state index contributed by atoms with van der Waals surface area (Å²) in [5, 5.41) is 3.09. The number of piperidine rings is 1. The average molecular weight is 449 g/mol. The Kier molecular flexibility index (Phi) is 7.78. The SMILES string of the molecule is Cc1cccc(C)c1NC(=O)CN1CCN([C@H](C(=O)N2CCCCC2)c2ccccc2)CC1. The molecule has 1 atom stereocenters. The van der Waals surface area contributed by atoms with Gasteiger partial charge in [0.2, 0.25) is 11.8 Å². The summed E-state index contributed by atoms with van der Waals surface area (Å²) in [5.74, 6) is 0.243. The monoisotopic (exact) mass is 448 g/mol. The molecule has 0 unspecified atom stereocenters. The molecule has 0 aliphatic carbocycles. The summed E-state index contributed by atoms with van der Waals surface area (Å²) >= 11 is 0. The van der Waals surface area contributed by atoms with Crippen LogP contribution >= 0.6 is 0 Å². The first-order valence-corrected chi connectivity index (χ1v) is 12.2. The molecule has 0 spiro atoms. The molecule has 2 aromatic rings. The fraction of sp³-hybridized carbons (Fsp3) is 0.481. The number of para-hydroxylation sites is 1. The lowest BCUT2D eigenvalue weighted by Crippen LogP contribution is -2.53. The Hall–Kier alpha value is -2.70. The summed E-state index contributed by atoms with van der Waals surface area (Å²) in [6.07, 6.45) is 3.40. The Morgan fingerprint density at radius 1 is 0.818 bits per heavy atom. The normalized spacial score (nSPS) is 18.7. The van der Waals surface area contributed by atoms with Gasteiger partial charge < -0.3 is 10.2 Å². The van der Waals surface area contributed by atoms with Crippen LogP contribution in [0.3, 0.4) is 0 Å². The van der Waals surface area contributed by atoms with Crippen LogP contribution < -0.4 is 5.32 Å². The van der Waals surface area contributed by atoms with E-state index in [2.05, 4.69) is 27.2 Å². The number of likely N-dealkylation sites (tertiary alicyclic amines) is 1. The third-order valence-electron chi connectivity index (χ3n) is 6.90. The molecule has 2 fully saturated rings. The lowest BCUT2D eigenvalue weighted by molar-refractivity contribution is -0.139. The molecular formula is C27H36N4O2. The van der Waals surface area contributed by atoms with Crippen LogP contribution in [-0.4, -0.2) is 72.3 Å². The second-order valence-corrected chi connectivity index (χ2v) is 9.33. The van der Waals surface area contributed by atoms with Crippen molar-refractivity contribution in [3.05, 3.63) is 65.2 Å². The first-order chi connectivity index (χ1) is 16.0. The third kappa shape index (κ3) is 5.81. The van der Waals surface area contributed by atoms with Crippen LogP contribution in [0.4, 0.5) is 5.69 Å². The van der Waals surface area contributed by atoms with Crippen LogP contribution in [-0.2, 0) is 9.59 Å². The van der Waals surface area contributed by atoms with E-state index in [1.54, 1.807) is 0 Å². The molecule has 0 bridgehead atoms. The van der Waals surface area contributed by atoms with Gasteiger partial charge >= 0.3 is 0 Å². The van der Waals surface area contributed by atoms with E-state index < -0.39 is 0 Å². The highest BCUT2D eigenvalue weighted by Crippen LogP contribution is 2.26. The molecule has 1 N–H and O–H groups in total. The Labute approximate surface area is 197 Å². The van der Waals surface area contributed by atoms with E-state index in [1.807, 2.05) is 55.1 Å². The van der Waals surface area contributed by atoms with Gasteiger partial charge in [-0.1, -0.05) is 48.5 Å². The van der Waals surface area contributed by atoms with Crippen LogP contribution in [0.25, 0.3) is 0 Å². The van der Waals surface area contributed by atoms with Crippen LogP contribution in [0, 0.1) is 13.8 Å². The van der Waals surface area contributed by atoms with Gasteiger partial charge in [0.05, 0.1) is 6.54 Å². The summed E-state index contributed by atoms with van der Waals surface area (Å²) in [5.41, 5.74) is 4.14. The predicted octanol–water partition coefficient (Wildman–Crippen LogP) is 3.61. The number of carbonyl (C=O) groups excluding carboxylic acids is 2. The van der Waals surface area contributed by atoms with Crippen LogP contribution in [0.15, 0.2) is 48.5 Å². The maximum atomic E-state index is 13.5. The average Bonchev–Trinajstić information content (AvgIpc) is 2.84. The summed E-state index contributed by atoms with van der Waals surface area (Å²) in [6.45, 7) is 9.23. The number of hydrogen-bond donors (Lipinski definition) is 1. The molecule has 6 heteroatoms. The number of anilines is 1. The fourth-order valence-electron chi connectivity index (χ4n) is 5.01. The van der Waals surface area contributed by atoms with Gasteiger partial charge in [0, 0.05) is 45.0 Å². The molecule has 2 amide bonds. The Balaban J connectivity index is 1.38. The zero-order valence-corrected chi connectivity index (χ0v) is 19.9. The first-order valence-electron chi connectivity index (χ1n) is 12.2. The summed E-state index contributed by atoms with van der Waals surface area (Å²) in [4.78, 5) is 32.8. The van der Waals surface area contributed by atoms with Gasteiger partial charge in [-0.05, 0) is 49.8 Å². The lowest BCUT2D eigenvalue weighted by atomic mass is 10.0. The Morgan fingerprint density at radius 2 is 1.45 bits per heavy atom. The second-order valence-electron chi connectivity index (χ2n) is 9.33. The highest BCUT2D eigenvalue weighted by atomic mass is 16.2. The number of nitrogens with one attached hydrogen (secondary N) is 1. The van der Waals surface area contributed by atoms with E-state index in [0.717, 1.165) is 74.5 Å². The Morgan fingerprint density at radius 3 is 2.09 bits per heavy atom. The van der Waals surface area contributed by atoms with Crippen molar-refractivity contribution in [3.63, 3.8) is 0 Å². The molecule has 33 heavy (non-hydrogen) atoms. The number of amides is 2. The molecule has 2 saturated heterocycles. The maximum absolute atomic E-state index is 13.5. The van der Waals surface area contributed by atoms with Gasteiger partial charge in [0.15, 0.2) is 0 Å². The second kappa shape index (κ2) is 10.9. The highest BCUT2D eigenvalue weighted by Gasteiger charge is 2.34. The van der Waals surface area contributed by atoms with Crippen molar-refractivity contribution in [2.75, 3.05) is 51.1 Å². The van der Waals surface area contributed by atoms with Gasteiger partial charge in [-0.25, -0.2) is 0 Å². The van der Waals surface area contributed by atoms with Gasteiger partial charge in [-0.3, -0.25) is 19.4 Å². The molecule has 2 aliphatic heterocycles. The van der Waals surface area contributed by atoms with Crippen molar-refractivity contribution < 1.29 is 9.59 Å². The van der Waals surface area contributed by atoms with Gasteiger partial charge in [-0.15, -0.1) is 0 Å². The van der Waals surface area contributed by atoms with Crippen molar-refractivity contribution in [2.45, 2.75) is 39.2 Å². The smallest absolute Gasteiger partial charge is 0.244 e. The molecule has 2 heterocycles. The van der Waals surface area contributed by atoms with Crippen LogP contribution in [0.2, 0.25) is 0 Å². The lowest BCUT2D eigenvalue weighted by Gasteiger charge is -2.41. The number of nitrogens with zero attached hydrogens (tertiary/aromatic N) is 3. The number of carbonyl (C=O) groups is 2. The first kappa shape index (κ1) is 23.5. The zero-order valence-electron chi connectivity index (χ0n) is 19.9. The number of rotatable bonds is 6. The molecule has 2 aliphatic rings. The predicted molar refractivity (Wildman–Crippen MR) is 132 cm³/mol. The number of piperazine rings is 1. The molecule has 0 radical (unpaired) electrons. The molecule has 0 aromatic heterocycles. The van der Waals surface area contributed by atoms with E-state index in [-0.39, 0.29) is 17.9 Å². The van der Waals surface area contributed by atoms with Crippen molar-refractivity contribution in [1.29, 1.82) is 0 Å². The van der Waals surface area contributed by atoms with Crippen molar-refractivity contribution in [2.24, 2.45) is 0 Å². The topological polar surface area (TPSA) is 55.9 Å². The Bertz CT molecular complexity index is 928.